The van der Waals surface area contributed by atoms with Gasteiger partial charge in [-0.1, -0.05) is 55.1 Å². The second-order valence-electron chi connectivity index (χ2n) is 7.83. The number of rotatable bonds is 5. The van der Waals surface area contributed by atoms with Crippen LogP contribution < -0.4 is 0 Å². The predicted octanol–water partition coefficient (Wildman–Crippen LogP) is 4.97. The summed E-state index contributed by atoms with van der Waals surface area (Å²) in [5.74, 6) is 0.0755. The fourth-order valence-corrected chi connectivity index (χ4v) is 4.10. The fourth-order valence-electron chi connectivity index (χ4n) is 4.10. The van der Waals surface area contributed by atoms with Crippen molar-refractivity contribution in [1.29, 1.82) is 0 Å². The van der Waals surface area contributed by atoms with Crippen LogP contribution in [0.25, 0.3) is 10.9 Å². The van der Waals surface area contributed by atoms with E-state index in [2.05, 4.69) is 6.58 Å². The summed E-state index contributed by atoms with van der Waals surface area (Å²) < 4.78 is 7.40. The Bertz CT molecular complexity index is 1080. The molecule has 0 aliphatic carbocycles. The number of likely N-dealkylation sites (tertiary alicyclic amines) is 1. The van der Waals surface area contributed by atoms with Crippen LogP contribution in [-0.2, 0) is 18.4 Å². The van der Waals surface area contributed by atoms with Crippen molar-refractivity contribution in [2.45, 2.75) is 19.4 Å². The average Bonchev–Trinajstić information content (AvgIpc) is 3.14. The van der Waals surface area contributed by atoms with Crippen molar-refractivity contribution in [2.75, 3.05) is 13.1 Å². The average molecular weight is 402 g/mol. The summed E-state index contributed by atoms with van der Waals surface area (Å²) in [6.07, 6.45) is 3.02. The fraction of sp³-hybridized carbons (Fsp3) is 0.280. The van der Waals surface area contributed by atoms with Crippen LogP contribution in [0.5, 0.6) is 0 Å². The van der Waals surface area contributed by atoms with Gasteiger partial charge >= 0.3 is 6.09 Å². The van der Waals surface area contributed by atoms with Gasteiger partial charge in [-0.15, -0.1) is 0 Å². The number of hydrogen-bond donors (Lipinski definition) is 0. The molecule has 1 aliphatic heterocycles. The number of para-hydroxylation sites is 1. The highest BCUT2D eigenvalue weighted by atomic mass is 16.6. The Labute approximate surface area is 176 Å². The van der Waals surface area contributed by atoms with Crippen molar-refractivity contribution in [3.05, 3.63) is 84.1 Å². The van der Waals surface area contributed by atoms with Gasteiger partial charge in [0.1, 0.15) is 6.61 Å². The number of aryl methyl sites for hydroxylation is 1. The summed E-state index contributed by atoms with van der Waals surface area (Å²) in [7, 11) is 1.95. The lowest BCUT2D eigenvalue weighted by Gasteiger charge is -2.31. The lowest BCUT2D eigenvalue weighted by Crippen LogP contribution is -2.39. The quantitative estimate of drug-likeness (QED) is 0.447. The van der Waals surface area contributed by atoms with Crippen LogP contribution in [0.2, 0.25) is 0 Å². The molecule has 0 bridgehead atoms. The Hall–Kier alpha value is -3.34. The third kappa shape index (κ3) is 4.01. The molecule has 1 aliphatic rings. The van der Waals surface area contributed by atoms with Gasteiger partial charge in [-0.2, -0.15) is 0 Å². The van der Waals surface area contributed by atoms with E-state index < -0.39 is 0 Å². The van der Waals surface area contributed by atoms with E-state index in [4.69, 9.17) is 4.74 Å². The number of carbonyl (C=O) groups excluding carboxylic acids is 2. The molecule has 1 saturated heterocycles. The van der Waals surface area contributed by atoms with Crippen LogP contribution in [0.1, 0.15) is 28.8 Å². The van der Waals surface area contributed by atoms with E-state index in [1.54, 1.807) is 4.90 Å². The summed E-state index contributed by atoms with van der Waals surface area (Å²) in [5, 5.41) is 0.952. The predicted molar refractivity (Wildman–Crippen MR) is 117 cm³/mol. The van der Waals surface area contributed by atoms with Gasteiger partial charge in [0.15, 0.2) is 5.78 Å². The van der Waals surface area contributed by atoms with Gasteiger partial charge in [0.05, 0.1) is 0 Å². The molecule has 1 fully saturated rings. The molecule has 2 heterocycles. The minimum absolute atomic E-state index is 0.00287. The van der Waals surface area contributed by atoms with Gasteiger partial charge in [0.25, 0.3) is 0 Å². The number of Topliss-reactive ketones (excluding diaryl/α,β-unsaturated/α-hetero) is 1. The monoisotopic (exact) mass is 402 g/mol. The SMILES string of the molecule is C=C(C(=O)c1cn(C)c2ccccc12)C1CCN(C(=O)OCc2ccccc2)CC1. The van der Waals surface area contributed by atoms with Gasteiger partial charge in [0, 0.05) is 42.8 Å². The van der Waals surface area contributed by atoms with Gasteiger partial charge in [-0.25, -0.2) is 4.79 Å². The molecule has 0 atom stereocenters. The number of ether oxygens (including phenoxy) is 1. The van der Waals surface area contributed by atoms with Crippen molar-refractivity contribution >= 4 is 22.8 Å². The number of amides is 1. The molecule has 0 radical (unpaired) electrons. The standard InChI is InChI=1S/C25H26N2O3/c1-18(24(28)22-16-26(2)23-11-7-6-10-21(22)23)20-12-14-27(15-13-20)25(29)30-17-19-8-4-3-5-9-19/h3-11,16,20H,1,12-15,17H2,2H3. The number of nitrogens with zero attached hydrogens (tertiary/aromatic N) is 2. The first-order chi connectivity index (χ1) is 14.5. The molecule has 4 rings (SSSR count). The largest absolute Gasteiger partial charge is 0.445 e. The summed E-state index contributed by atoms with van der Waals surface area (Å²) >= 11 is 0. The first-order valence-electron chi connectivity index (χ1n) is 10.3. The van der Waals surface area contributed by atoms with Crippen LogP contribution in [-0.4, -0.2) is 34.4 Å². The van der Waals surface area contributed by atoms with E-state index in [1.807, 2.05) is 72.4 Å². The highest BCUT2D eigenvalue weighted by Crippen LogP contribution is 2.29. The molecule has 0 N–H and O–H groups in total. The van der Waals surface area contributed by atoms with Crippen LogP contribution in [0.4, 0.5) is 4.79 Å². The molecule has 3 aromatic rings. The van der Waals surface area contributed by atoms with Crippen molar-refractivity contribution in [1.82, 2.24) is 9.47 Å². The Kier molecular flexibility index (Phi) is 5.70. The third-order valence-electron chi connectivity index (χ3n) is 5.88. The highest BCUT2D eigenvalue weighted by molar-refractivity contribution is 6.16. The molecular formula is C25H26N2O3. The maximum Gasteiger partial charge on any atom is 0.410 e. The van der Waals surface area contributed by atoms with Gasteiger partial charge in [0.2, 0.25) is 0 Å². The Balaban J connectivity index is 1.35. The molecule has 154 valence electrons. The van der Waals surface area contributed by atoms with E-state index in [0.29, 0.717) is 24.2 Å². The molecule has 30 heavy (non-hydrogen) atoms. The maximum atomic E-state index is 13.1. The zero-order chi connectivity index (χ0) is 21.1. The lowest BCUT2D eigenvalue weighted by atomic mass is 9.86. The Morgan fingerprint density at radius 3 is 2.43 bits per heavy atom. The number of carbonyl (C=O) groups is 2. The molecular weight excluding hydrogens is 376 g/mol. The van der Waals surface area contributed by atoms with Crippen molar-refractivity contribution in [3.63, 3.8) is 0 Å². The highest BCUT2D eigenvalue weighted by Gasteiger charge is 2.29. The second-order valence-corrected chi connectivity index (χ2v) is 7.83. The first kappa shape index (κ1) is 20.0. The third-order valence-corrected chi connectivity index (χ3v) is 5.88. The lowest BCUT2D eigenvalue weighted by molar-refractivity contribution is 0.0835. The molecule has 2 aromatic carbocycles. The van der Waals surface area contributed by atoms with E-state index in [0.717, 1.165) is 29.3 Å². The minimum atomic E-state index is -0.303. The number of piperidine rings is 1. The molecule has 5 heteroatoms. The molecule has 1 amide bonds. The van der Waals surface area contributed by atoms with E-state index >= 15 is 0 Å². The van der Waals surface area contributed by atoms with E-state index in [9.17, 15) is 9.59 Å². The number of hydrogen-bond acceptors (Lipinski definition) is 3. The summed E-state index contributed by atoms with van der Waals surface area (Å²) in [4.78, 5) is 27.2. The Morgan fingerprint density at radius 1 is 1.03 bits per heavy atom. The molecule has 1 aromatic heterocycles. The van der Waals surface area contributed by atoms with Crippen molar-refractivity contribution < 1.29 is 14.3 Å². The maximum absolute atomic E-state index is 13.1. The first-order valence-corrected chi connectivity index (χ1v) is 10.3. The van der Waals surface area contributed by atoms with Crippen LogP contribution in [0, 0.1) is 5.92 Å². The molecule has 0 unspecified atom stereocenters. The Morgan fingerprint density at radius 2 is 1.70 bits per heavy atom. The van der Waals surface area contributed by atoms with Crippen molar-refractivity contribution in [3.8, 4) is 0 Å². The van der Waals surface area contributed by atoms with Gasteiger partial charge in [-0.05, 0) is 36.0 Å². The zero-order valence-electron chi connectivity index (χ0n) is 17.2. The smallest absolute Gasteiger partial charge is 0.410 e. The number of fused-ring (bicyclic) bond motifs is 1. The van der Waals surface area contributed by atoms with Gasteiger partial charge < -0.3 is 14.2 Å². The zero-order valence-corrected chi connectivity index (χ0v) is 17.2. The number of aromatic nitrogens is 1. The van der Waals surface area contributed by atoms with Crippen molar-refractivity contribution in [2.24, 2.45) is 13.0 Å². The molecule has 0 spiro atoms. The van der Waals surface area contributed by atoms with E-state index in [-0.39, 0.29) is 24.4 Å². The number of benzene rings is 2. The van der Waals surface area contributed by atoms with E-state index in [1.165, 1.54) is 0 Å². The second kappa shape index (κ2) is 8.57. The number of allylic oxidation sites excluding steroid dienone is 1. The van der Waals surface area contributed by atoms with Crippen LogP contribution >= 0.6 is 0 Å². The van der Waals surface area contributed by atoms with Gasteiger partial charge in [-0.3, -0.25) is 4.79 Å². The molecule has 0 saturated carbocycles. The molecule has 5 nitrogen and oxygen atoms in total. The van der Waals surface area contributed by atoms with Crippen LogP contribution in [0.3, 0.4) is 0 Å². The number of ketones is 1. The minimum Gasteiger partial charge on any atom is -0.445 e. The topological polar surface area (TPSA) is 51.5 Å². The normalized spacial score (nSPS) is 14.6. The summed E-state index contributed by atoms with van der Waals surface area (Å²) in [5.41, 5.74) is 3.32. The van der Waals surface area contributed by atoms with Crippen LogP contribution in [0.15, 0.2) is 72.9 Å². The summed E-state index contributed by atoms with van der Waals surface area (Å²) in [6.45, 7) is 5.53. The summed E-state index contributed by atoms with van der Waals surface area (Å²) in [6, 6.07) is 17.5.